The lowest BCUT2D eigenvalue weighted by atomic mass is 10.3. The average Bonchev–Trinajstić information content (AvgIpc) is 3.03. The number of anilines is 1. The highest BCUT2D eigenvalue weighted by atomic mass is 32.1. The molecule has 0 unspecified atom stereocenters. The van der Waals surface area contributed by atoms with Gasteiger partial charge in [0.25, 0.3) is 5.91 Å². The van der Waals surface area contributed by atoms with E-state index in [9.17, 15) is 4.79 Å². The molecule has 7 heteroatoms. The zero-order valence-electron chi connectivity index (χ0n) is 11.5. The van der Waals surface area contributed by atoms with E-state index in [-0.39, 0.29) is 12.5 Å². The molecule has 110 valence electrons. The first kappa shape index (κ1) is 14.2. The highest BCUT2D eigenvalue weighted by Crippen LogP contribution is 2.25. The summed E-state index contributed by atoms with van der Waals surface area (Å²) in [5, 5.41) is 11.8. The third-order valence-electron chi connectivity index (χ3n) is 2.69. The van der Waals surface area contributed by atoms with Crippen LogP contribution in [0, 0.1) is 0 Å². The zero-order chi connectivity index (χ0) is 15.2. The summed E-state index contributed by atoms with van der Waals surface area (Å²) >= 11 is 1.29. The molecule has 22 heavy (non-hydrogen) atoms. The van der Waals surface area contributed by atoms with Gasteiger partial charge in [-0.15, -0.1) is 10.2 Å². The molecule has 0 atom stereocenters. The summed E-state index contributed by atoms with van der Waals surface area (Å²) in [6, 6.07) is 12.9. The Hall–Kier alpha value is -2.80. The molecular weight excluding hydrogens is 300 g/mol. The number of carbonyl (C=O) groups excluding carboxylic acids is 1. The maximum Gasteiger partial charge on any atom is 0.264 e. The van der Waals surface area contributed by atoms with E-state index in [4.69, 9.17) is 4.74 Å². The second-order valence-corrected chi connectivity index (χ2v) is 5.28. The Morgan fingerprint density at radius 1 is 1.14 bits per heavy atom. The van der Waals surface area contributed by atoms with Crippen molar-refractivity contribution in [1.29, 1.82) is 0 Å². The predicted molar refractivity (Wildman–Crippen MR) is 83.7 cm³/mol. The second kappa shape index (κ2) is 6.77. The molecule has 0 aliphatic rings. The number of nitrogens with zero attached hydrogens (tertiary/aromatic N) is 3. The standard InChI is InChI=1S/C15H12N4O2S/c20-13(10-21-12-6-2-1-3-7-12)17-15-19-18-14(22-15)11-5-4-8-16-9-11/h1-9H,10H2,(H,17,19,20). The van der Waals surface area contributed by atoms with Crippen LogP contribution in [-0.4, -0.2) is 27.7 Å². The van der Waals surface area contributed by atoms with Gasteiger partial charge in [0.05, 0.1) is 0 Å². The second-order valence-electron chi connectivity index (χ2n) is 4.30. The predicted octanol–water partition coefficient (Wildman–Crippen LogP) is 2.62. The van der Waals surface area contributed by atoms with Crippen molar-refractivity contribution in [3.05, 3.63) is 54.9 Å². The van der Waals surface area contributed by atoms with Gasteiger partial charge in [-0.3, -0.25) is 15.1 Å². The number of carbonyl (C=O) groups is 1. The van der Waals surface area contributed by atoms with Crippen molar-refractivity contribution in [3.63, 3.8) is 0 Å². The maximum absolute atomic E-state index is 11.8. The normalized spacial score (nSPS) is 10.2. The van der Waals surface area contributed by atoms with Gasteiger partial charge in [0, 0.05) is 18.0 Å². The van der Waals surface area contributed by atoms with E-state index in [2.05, 4.69) is 20.5 Å². The average molecular weight is 312 g/mol. The van der Waals surface area contributed by atoms with Gasteiger partial charge in [-0.2, -0.15) is 0 Å². The summed E-state index contributed by atoms with van der Waals surface area (Å²) in [5.74, 6) is 0.365. The fraction of sp³-hybridized carbons (Fsp3) is 0.0667. The first-order chi connectivity index (χ1) is 10.8. The van der Waals surface area contributed by atoms with Crippen LogP contribution in [-0.2, 0) is 4.79 Å². The number of para-hydroxylation sites is 1. The Kier molecular flexibility index (Phi) is 4.35. The summed E-state index contributed by atoms with van der Waals surface area (Å²) in [5.41, 5.74) is 0.862. The molecule has 3 aromatic rings. The molecule has 6 nitrogen and oxygen atoms in total. The summed E-state index contributed by atoms with van der Waals surface area (Å²) in [6.45, 7) is -0.0776. The minimum Gasteiger partial charge on any atom is -0.484 e. The summed E-state index contributed by atoms with van der Waals surface area (Å²) in [4.78, 5) is 15.8. The number of amides is 1. The van der Waals surface area contributed by atoms with E-state index < -0.39 is 0 Å². The van der Waals surface area contributed by atoms with E-state index in [1.165, 1.54) is 11.3 Å². The number of benzene rings is 1. The minimum atomic E-state index is -0.280. The quantitative estimate of drug-likeness (QED) is 0.783. The number of aromatic nitrogens is 3. The van der Waals surface area contributed by atoms with Gasteiger partial charge in [0.1, 0.15) is 5.75 Å². The first-order valence-corrected chi connectivity index (χ1v) is 7.34. The van der Waals surface area contributed by atoms with Crippen LogP contribution in [0.3, 0.4) is 0 Å². The number of hydrogen-bond donors (Lipinski definition) is 1. The van der Waals surface area contributed by atoms with Crippen LogP contribution in [0.4, 0.5) is 5.13 Å². The van der Waals surface area contributed by atoms with Gasteiger partial charge in [-0.05, 0) is 24.3 Å². The number of pyridine rings is 1. The number of rotatable bonds is 5. The molecule has 0 saturated heterocycles. The molecule has 0 aliphatic carbocycles. The van der Waals surface area contributed by atoms with Crippen LogP contribution in [0.25, 0.3) is 10.6 Å². The van der Waals surface area contributed by atoms with Crippen LogP contribution >= 0.6 is 11.3 Å². The van der Waals surface area contributed by atoms with Gasteiger partial charge in [0.2, 0.25) is 5.13 Å². The van der Waals surface area contributed by atoms with Crippen molar-refractivity contribution in [2.24, 2.45) is 0 Å². The summed E-state index contributed by atoms with van der Waals surface area (Å²) in [7, 11) is 0. The zero-order valence-corrected chi connectivity index (χ0v) is 12.3. The highest BCUT2D eigenvalue weighted by molar-refractivity contribution is 7.18. The fourth-order valence-electron chi connectivity index (χ4n) is 1.70. The van der Waals surface area contributed by atoms with Crippen LogP contribution in [0.2, 0.25) is 0 Å². The van der Waals surface area contributed by atoms with Gasteiger partial charge in [0.15, 0.2) is 11.6 Å². The van der Waals surface area contributed by atoms with E-state index in [0.29, 0.717) is 15.9 Å². The number of nitrogens with one attached hydrogen (secondary N) is 1. The van der Waals surface area contributed by atoms with Gasteiger partial charge in [-0.25, -0.2) is 0 Å². The van der Waals surface area contributed by atoms with E-state index in [1.54, 1.807) is 24.5 Å². The van der Waals surface area contributed by atoms with Gasteiger partial charge < -0.3 is 4.74 Å². The Morgan fingerprint density at radius 2 is 2.00 bits per heavy atom. The molecule has 3 rings (SSSR count). The molecule has 2 aromatic heterocycles. The molecule has 1 N–H and O–H groups in total. The first-order valence-electron chi connectivity index (χ1n) is 6.53. The van der Waals surface area contributed by atoms with E-state index in [1.807, 2.05) is 30.3 Å². The van der Waals surface area contributed by atoms with Crippen molar-refractivity contribution in [3.8, 4) is 16.3 Å². The van der Waals surface area contributed by atoms with Crippen LogP contribution in [0.15, 0.2) is 54.9 Å². The van der Waals surface area contributed by atoms with Crippen molar-refractivity contribution in [1.82, 2.24) is 15.2 Å². The highest BCUT2D eigenvalue weighted by Gasteiger charge is 2.10. The fourth-order valence-corrected chi connectivity index (χ4v) is 2.45. The van der Waals surface area contributed by atoms with E-state index >= 15 is 0 Å². The lowest BCUT2D eigenvalue weighted by Crippen LogP contribution is -2.20. The molecule has 0 radical (unpaired) electrons. The Balaban J connectivity index is 1.57. The minimum absolute atomic E-state index is 0.0776. The Morgan fingerprint density at radius 3 is 2.77 bits per heavy atom. The van der Waals surface area contributed by atoms with Gasteiger partial charge in [-0.1, -0.05) is 29.5 Å². The monoisotopic (exact) mass is 312 g/mol. The SMILES string of the molecule is O=C(COc1ccccc1)Nc1nnc(-c2cccnc2)s1. The molecular formula is C15H12N4O2S. The van der Waals surface area contributed by atoms with Crippen LogP contribution < -0.4 is 10.1 Å². The molecule has 0 aliphatic heterocycles. The lowest BCUT2D eigenvalue weighted by molar-refractivity contribution is -0.118. The molecule has 0 fully saturated rings. The summed E-state index contributed by atoms with van der Waals surface area (Å²) < 4.78 is 5.37. The smallest absolute Gasteiger partial charge is 0.264 e. The van der Waals surface area contributed by atoms with Crippen molar-refractivity contribution < 1.29 is 9.53 Å². The Bertz CT molecular complexity index is 747. The number of hydrogen-bond acceptors (Lipinski definition) is 6. The molecule has 1 aromatic carbocycles. The molecule has 0 spiro atoms. The van der Waals surface area contributed by atoms with Crippen LogP contribution in [0.1, 0.15) is 0 Å². The Labute approximate surface area is 130 Å². The number of ether oxygens (including phenoxy) is 1. The lowest BCUT2D eigenvalue weighted by Gasteiger charge is -2.04. The van der Waals surface area contributed by atoms with Crippen LogP contribution in [0.5, 0.6) is 5.75 Å². The van der Waals surface area contributed by atoms with Crippen molar-refractivity contribution in [2.75, 3.05) is 11.9 Å². The van der Waals surface area contributed by atoms with Gasteiger partial charge >= 0.3 is 0 Å². The third-order valence-corrected chi connectivity index (χ3v) is 3.58. The molecule has 0 saturated carbocycles. The van der Waals surface area contributed by atoms with Crippen molar-refractivity contribution in [2.45, 2.75) is 0 Å². The molecule has 2 heterocycles. The van der Waals surface area contributed by atoms with E-state index in [0.717, 1.165) is 5.56 Å². The largest absolute Gasteiger partial charge is 0.484 e. The summed E-state index contributed by atoms with van der Waals surface area (Å²) in [6.07, 6.45) is 3.39. The maximum atomic E-state index is 11.8. The molecule has 1 amide bonds. The molecule has 0 bridgehead atoms. The third kappa shape index (κ3) is 3.64. The topological polar surface area (TPSA) is 77.0 Å². The van der Waals surface area contributed by atoms with Crippen molar-refractivity contribution >= 4 is 22.4 Å².